The van der Waals surface area contributed by atoms with Crippen LogP contribution in [-0.4, -0.2) is 26.5 Å². The van der Waals surface area contributed by atoms with E-state index in [1.54, 1.807) is 10.7 Å². The van der Waals surface area contributed by atoms with Crippen LogP contribution in [0.1, 0.15) is 20.3 Å². The number of halogens is 1. The maximum absolute atomic E-state index is 5.81. The normalized spacial score (nSPS) is 13.2. The summed E-state index contributed by atoms with van der Waals surface area (Å²) in [6, 6.07) is 4.17. The van der Waals surface area contributed by atoms with E-state index in [2.05, 4.69) is 29.2 Å². The summed E-state index contributed by atoms with van der Waals surface area (Å²) in [6.07, 6.45) is 4.58. The number of aromatic nitrogens is 3. The number of anilines is 1. The molecule has 1 unspecified atom stereocenters. The highest BCUT2D eigenvalue weighted by Crippen LogP contribution is 2.14. The smallest absolute Gasteiger partial charge is 0.157 e. The second-order valence-corrected chi connectivity index (χ2v) is 4.80. The molecule has 1 atom stereocenters. The van der Waals surface area contributed by atoms with Crippen molar-refractivity contribution >= 4 is 23.1 Å². The van der Waals surface area contributed by atoms with Gasteiger partial charge in [0, 0.05) is 24.2 Å². The molecule has 0 radical (unpaired) electrons. The van der Waals surface area contributed by atoms with E-state index >= 15 is 0 Å². The summed E-state index contributed by atoms with van der Waals surface area (Å²) >= 11 is 5.81. The minimum Gasteiger partial charge on any atom is -0.367 e. The molecule has 2 aromatic heterocycles. The Morgan fingerprint density at radius 1 is 1.41 bits per heavy atom. The van der Waals surface area contributed by atoms with Crippen molar-refractivity contribution < 1.29 is 0 Å². The van der Waals surface area contributed by atoms with Gasteiger partial charge in [-0.25, -0.2) is 9.50 Å². The first-order valence-electron chi connectivity index (χ1n) is 5.83. The first-order chi connectivity index (χ1) is 8.20. The molecule has 1 N–H and O–H groups in total. The van der Waals surface area contributed by atoms with E-state index in [9.17, 15) is 0 Å². The summed E-state index contributed by atoms with van der Waals surface area (Å²) in [6.45, 7) is 4.36. The van der Waals surface area contributed by atoms with E-state index < -0.39 is 0 Å². The molecule has 4 nitrogen and oxygen atoms in total. The van der Waals surface area contributed by atoms with Crippen LogP contribution in [0.25, 0.3) is 5.65 Å². The maximum Gasteiger partial charge on any atom is 0.157 e. The fourth-order valence-corrected chi connectivity index (χ4v) is 2.01. The third kappa shape index (κ3) is 2.88. The van der Waals surface area contributed by atoms with Crippen LogP contribution in [0.5, 0.6) is 0 Å². The molecule has 0 aliphatic heterocycles. The standard InChI is InChI=1S/C12H17ClN4/c1-9(2)10(3-6-13)15-11-5-8-17-12(16-11)4-7-14-17/h4-5,7-10H,3,6H2,1-2H3,(H,15,16). The largest absolute Gasteiger partial charge is 0.367 e. The van der Waals surface area contributed by atoms with E-state index in [1.165, 1.54) is 0 Å². The van der Waals surface area contributed by atoms with Crippen LogP contribution in [0.15, 0.2) is 24.5 Å². The van der Waals surface area contributed by atoms with Gasteiger partial charge in [-0.1, -0.05) is 13.8 Å². The number of hydrogen-bond donors (Lipinski definition) is 1. The van der Waals surface area contributed by atoms with Gasteiger partial charge in [0.2, 0.25) is 0 Å². The SMILES string of the molecule is CC(C)C(CCCl)Nc1ccn2nccc2n1. The predicted molar refractivity (Wildman–Crippen MR) is 70.6 cm³/mol. The number of fused-ring (bicyclic) bond motifs is 1. The zero-order valence-electron chi connectivity index (χ0n) is 10.1. The minimum atomic E-state index is 0.352. The van der Waals surface area contributed by atoms with Crippen molar-refractivity contribution in [2.75, 3.05) is 11.2 Å². The topological polar surface area (TPSA) is 42.2 Å². The average Bonchev–Trinajstić information content (AvgIpc) is 2.75. The summed E-state index contributed by atoms with van der Waals surface area (Å²) < 4.78 is 1.75. The third-order valence-corrected chi connectivity index (χ3v) is 3.03. The van der Waals surface area contributed by atoms with Crippen LogP contribution in [0.3, 0.4) is 0 Å². The molecule has 0 amide bonds. The lowest BCUT2D eigenvalue weighted by Crippen LogP contribution is -2.26. The van der Waals surface area contributed by atoms with Gasteiger partial charge in [0.1, 0.15) is 5.82 Å². The van der Waals surface area contributed by atoms with E-state index in [4.69, 9.17) is 11.6 Å². The van der Waals surface area contributed by atoms with Crippen molar-refractivity contribution in [1.29, 1.82) is 0 Å². The molecule has 2 rings (SSSR count). The highest BCUT2D eigenvalue weighted by Gasteiger charge is 2.13. The van der Waals surface area contributed by atoms with Gasteiger partial charge in [0.05, 0.1) is 6.20 Å². The van der Waals surface area contributed by atoms with Crippen LogP contribution >= 0.6 is 11.6 Å². The van der Waals surface area contributed by atoms with Gasteiger partial charge >= 0.3 is 0 Å². The van der Waals surface area contributed by atoms with Gasteiger partial charge in [0.25, 0.3) is 0 Å². The molecule has 92 valence electrons. The molecule has 0 aromatic carbocycles. The molecule has 0 aliphatic carbocycles. The number of nitrogens with one attached hydrogen (secondary N) is 1. The number of rotatable bonds is 5. The van der Waals surface area contributed by atoms with Gasteiger partial charge in [0.15, 0.2) is 5.65 Å². The van der Waals surface area contributed by atoms with Crippen LogP contribution < -0.4 is 5.32 Å². The first kappa shape index (κ1) is 12.2. The highest BCUT2D eigenvalue weighted by atomic mass is 35.5. The Morgan fingerprint density at radius 3 is 2.94 bits per heavy atom. The Kier molecular flexibility index (Phi) is 3.84. The molecule has 0 spiro atoms. The van der Waals surface area contributed by atoms with Crippen molar-refractivity contribution in [2.24, 2.45) is 5.92 Å². The van der Waals surface area contributed by atoms with Gasteiger partial charge in [-0.15, -0.1) is 11.6 Å². The second-order valence-electron chi connectivity index (χ2n) is 4.42. The fraction of sp³-hybridized carbons (Fsp3) is 0.500. The van der Waals surface area contributed by atoms with Crippen molar-refractivity contribution in [2.45, 2.75) is 26.3 Å². The van der Waals surface area contributed by atoms with E-state index in [1.807, 2.05) is 18.3 Å². The second kappa shape index (κ2) is 5.36. The molecular weight excluding hydrogens is 236 g/mol. The van der Waals surface area contributed by atoms with E-state index in [-0.39, 0.29) is 0 Å². The van der Waals surface area contributed by atoms with Gasteiger partial charge in [-0.05, 0) is 18.4 Å². The van der Waals surface area contributed by atoms with Crippen LogP contribution in [0.2, 0.25) is 0 Å². The summed E-state index contributed by atoms with van der Waals surface area (Å²) in [5, 5.41) is 7.54. The van der Waals surface area contributed by atoms with Gasteiger partial charge < -0.3 is 5.32 Å². The molecule has 0 aliphatic rings. The summed E-state index contributed by atoms with van der Waals surface area (Å²) in [7, 11) is 0. The Balaban J connectivity index is 2.15. The first-order valence-corrected chi connectivity index (χ1v) is 6.37. The Bertz CT molecular complexity index is 480. The quantitative estimate of drug-likeness (QED) is 0.832. The van der Waals surface area contributed by atoms with Crippen LogP contribution in [-0.2, 0) is 0 Å². The molecule has 2 heterocycles. The molecule has 0 saturated carbocycles. The summed E-state index contributed by atoms with van der Waals surface area (Å²) in [5.41, 5.74) is 0.850. The highest BCUT2D eigenvalue weighted by molar-refractivity contribution is 6.17. The molecule has 0 saturated heterocycles. The van der Waals surface area contributed by atoms with Crippen molar-refractivity contribution in [3.63, 3.8) is 0 Å². The maximum atomic E-state index is 5.81. The minimum absolute atomic E-state index is 0.352. The van der Waals surface area contributed by atoms with Crippen LogP contribution in [0, 0.1) is 5.92 Å². The lowest BCUT2D eigenvalue weighted by Gasteiger charge is -2.21. The third-order valence-electron chi connectivity index (χ3n) is 2.82. The van der Waals surface area contributed by atoms with E-state index in [0.717, 1.165) is 17.9 Å². The number of hydrogen-bond acceptors (Lipinski definition) is 3. The number of nitrogens with zero attached hydrogens (tertiary/aromatic N) is 3. The zero-order valence-corrected chi connectivity index (χ0v) is 10.9. The average molecular weight is 253 g/mol. The molecule has 17 heavy (non-hydrogen) atoms. The fourth-order valence-electron chi connectivity index (χ4n) is 1.77. The molecule has 2 aromatic rings. The lowest BCUT2D eigenvalue weighted by atomic mass is 10.0. The Labute approximate surface area is 106 Å². The van der Waals surface area contributed by atoms with E-state index in [0.29, 0.717) is 17.8 Å². The monoisotopic (exact) mass is 252 g/mol. The summed E-state index contributed by atoms with van der Waals surface area (Å²) in [4.78, 5) is 4.49. The molecule has 5 heteroatoms. The molecule has 0 bridgehead atoms. The summed E-state index contributed by atoms with van der Waals surface area (Å²) in [5.74, 6) is 2.06. The number of alkyl halides is 1. The van der Waals surface area contributed by atoms with Gasteiger partial charge in [-0.2, -0.15) is 5.10 Å². The van der Waals surface area contributed by atoms with Crippen molar-refractivity contribution in [1.82, 2.24) is 14.6 Å². The molecular formula is C12H17ClN4. The predicted octanol–water partition coefficient (Wildman–Crippen LogP) is 2.79. The van der Waals surface area contributed by atoms with Crippen molar-refractivity contribution in [3.8, 4) is 0 Å². The molecule has 0 fully saturated rings. The van der Waals surface area contributed by atoms with Crippen molar-refractivity contribution in [3.05, 3.63) is 24.5 Å². The lowest BCUT2D eigenvalue weighted by molar-refractivity contribution is 0.511. The van der Waals surface area contributed by atoms with Gasteiger partial charge in [-0.3, -0.25) is 0 Å². The Morgan fingerprint density at radius 2 is 2.24 bits per heavy atom. The zero-order chi connectivity index (χ0) is 12.3. The Hall–Kier alpha value is -1.29. The van der Waals surface area contributed by atoms with Crippen LogP contribution in [0.4, 0.5) is 5.82 Å².